The van der Waals surface area contributed by atoms with E-state index in [4.69, 9.17) is 0 Å². The first-order valence-electron chi connectivity index (χ1n) is 7.90. The molecule has 0 bridgehead atoms. The number of aromatic amines is 1. The topological polar surface area (TPSA) is 86.3 Å². The van der Waals surface area contributed by atoms with Crippen molar-refractivity contribution in [3.8, 4) is 0 Å². The highest BCUT2D eigenvalue weighted by atomic mass is 16.2. The van der Waals surface area contributed by atoms with Crippen molar-refractivity contribution < 1.29 is 9.59 Å². The molecule has 6 heteroatoms. The maximum Gasteiger partial charge on any atom is 0.329 e. The lowest BCUT2D eigenvalue weighted by Crippen LogP contribution is -2.39. The number of nitrogens with one attached hydrogen (secondary N) is 3. The number of nitrogens with zero attached hydrogens (tertiary/aromatic N) is 1. The van der Waals surface area contributed by atoms with E-state index in [9.17, 15) is 9.59 Å². The molecule has 0 aliphatic rings. The van der Waals surface area contributed by atoms with Gasteiger partial charge in [0.05, 0.1) is 12.3 Å². The molecule has 2 amide bonds. The molecule has 1 heterocycles. The zero-order valence-electron chi connectivity index (χ0n) is 13.7. The number of benzene rings is 2. The Labute approximate surface area is 144 Å². The lowest BCUT2D eigenvalue weighted by molar-refractivity contribution is -0.139. The van der Waals surface area contributed by atoms with E-state index in [1.165, 1.54) is 6.21 Å². The highest BCUT2D eigenvalue weighted by molar-refractivity contribution is 6.35. The molecule has 0 unspecified atom stereocenters. The molecule has 1 atom stereocenters. The summed E-state index contributed by atoms with van der Waals surface area (Å²) in [5.41, 5.74) is 4.97. The van der Waals surface area contributed by atoms with E-state index in [1.807, 2.05) is 61.5 Å². The highest BCUT2D eigenvalue weighted by Crippen LogP contribution is 2.15. The molecule has 0 radical (unpaired) electrons. The molecular weight excluding hydrogens is 316 g/mol. The van der Waals surface area contributed by atoms with Crippen LogP contribution in [0.4, 0.5) is 0 Å². The van der Waals surface area contributed by atoms with E-state index in [2.05, 4.69) is 20.8 Å². The third-order valence-corrected chi connectivity index (χ3v) is 3.84. The van der Waals surface area contributed by atoms with Crippen LogP contribution in [-0.4, -0.2) is 23.0 Å². The standard InChI is InChI=1S/C19H18N4O2/c1-13(14-7-3-2-4-8-14)22-18(24)19(25)23-21-12-15-11-20-17-10-6-5-9-16(15)17/h2-13,20H,1H3,(H,22,24)(H,23,25)/b21-12+/t13-/m0/s1. The van der Waals surface area contributed by atoms with Crippen molar-refractivity contribution in [2.75, 3.05) is 0 Å². The minimum atomic E-state index is -0.807. The lowest BCUT2D eigenvalue weighted by atomic mass is 10.1. The molecule has 3 rings (SSSR count). The Morgan fingerprint density at radius 2 is 1.76 bits per heavy atom. The highest BCUT2D eigenvalue weighted by Gasteiger charge is 2.16. The summed E-state index contributed by atoms with van der Waals surface area (Å²) >= 11 is 0. The molecule has 3 N–H and O–H groups in total. The first-order valence-corrected chi connectivity index (χ1v) is 7.90. The van der Waals surface area contributed by atoms with Gasteiger partial charge in [0.25, 0.3) is 0 Å². The van der Waals surface area contributed by atoms with Crippen LogP contribution < -0.4 is 10.7 Å². The number of amides is 2. The summed E-state index contributed by atoms with van der Waals surface area (Å²) in [5, 5.41) is 7.49. The van der Waals surface area contributed by atoms with Gasteiger partial charge in [0, 0.05) is 22.7 Å². The molecule has 0 aliphatic carbocycles. The molecule has 1 aromatic heterocycles. The molecule has 6 nitrogen and oxygen atoms in total. The van der Waals surface area contributed by atoms with Gasteiger partial charge in [0.2, 0.25) is 0 Å². The Kier molecular flexibility index (Phi) is 4.89. The number of rotatable bonds is 4. The van der Waals surface area contributed by atoms with E-state index >= 15 is 0 Å². The number of hydrogen-bond acceptors (Lipinski definition) is 3. The maximum absolute atomic E-state index is 11.9. The molecule has 3 aromatic rings. The zero-order chi connectivity index (χ0) is 17.6. The third-order valence-electron chi connectivity index (χ3n) is 3.84. The van der Waals surface area contributed by atoms with Gasteiger partial charge in [-0.2, -0.15) is 5.10 Å². The number of hydrogen-bond donors (Lipinski definition) is 3. The minimum Gasteiger partial charge on any atom is -0.361 e. The Bertz CT molecular complexity index is 915. The second kappa shape index (κ2) is 7.44. The van der Waals surface area contributed by atoms with Crippen LogP contribution in [0, 0.1) is 0 Å². The van der Waals surface area contributed by atoms with E-state index in [1.54, 1.807) is 6.20 Å². The number of fused-ring (bicyclic) bond motifs is 1. The van der Waals surface area contributed by atoms with Gasteiger partial charge in [0.15, 0.2) is 0 Å². The van der Waals surface area contributed by atoms with E-state index < -0.39 is 11.8 Å². The van der Waals surface area contributed by atoms with Gasteiger partial charge in [-0.3, -0.25) is 9.59 Å². The van der Waals surface area contributed by atoms with Gasteiger partial charge in [-0.25, -0.2) is 5.43 Å². The van der Waals surface area contributed by atoms with Crippen molar-refractivity contribution in [3.05, 3.63) is 71.9 Å². The van der Waals surface area contributed by atoms with Crippen molar-refractivity contribution >= 4 is 28.9 Å². The van der Waals surface area contributed by atoms with Gasteiger partial charge in [-0.05, 0) is 18.6 Å². The summed E-state index contributed by atoms with van der Waals surface area (Å²) in [7, 11) is 0. The van der Waals surface area contributed by atoms with Crippen LogP contribution in [0.2, 0.25) is 0 Å². The largest absolute Gasteiger partial charge is 0.361 e. The van der Waals surface area contributed by atoms with E-state index in [0.29, 0.717) is 0 Å². The maximum atomic E-state index is 11.9. The molecule has 0 saturated heterocycles. The monoisotopic (exact) mass is 334 g/mol. The van der Waals surface area contributed by atoms with E-state index in [-0.39, 0.29) is 6.04 Å². The van der Waals surface area contributed by atoms with E-state index in [0.717, 1.165) is 22.0 Å². The summed E-state index contributed by atoms with van der Waals surface area (Å²) in [4.78, 5) is 26.9. The Morgan fingerprint density at radius 1 is 1.04 bits per heavy atom. The van der Waals surface area contributed by atoms with Crippen molar-refractivity contribution in [1.82, 2.24) is 15.7 Å². The van der Waals surface area contributed by atoms with Crippen molar-refractivity contribution in [3.63, 3.8) is 0 Å². The molecule has 2 aromatic carbocycles. The normalized spacial score (nSPS) is 12.2. The van der Waals surface area contributed by atoms with Crippen LogP contribution in [0.3, 0.4) is 0 Å². The number of hydrazone groups is 1. The summed E-state index contributed by atoms with van der Waals surface area (Å²) in [6.45, 7) is 1.82. The van der Waals surface area contributed by atoms with Crippen LogP contribution in [0.25, 0.3) is 10.9 Å². The predicted octanol–water partition coefficient (Wildman–Crippen LogP) is 2.50. The van der Waals surface area contributed by atoms with Gasteiger partial charge < -0.3 is 10.3 Å². The SMILES string of the molecule is C[C@H](NC(=O)C(=O)N/N=C/c1c[nH]c2ccccc12)c1ccccc1. The fourth-order valence-corrected chi connectivity index (χ4v) is 2.50. The average Bonchev–Trinajstić information content (AvgIpc) is 3.05. The first kappa shape index (κ1) is 16.4. The molecule has 0 aliphatic heterocycles. The number of carbonyl (C=O) groups excluding carboxylic acids is 2. The fourth-order valence-electron chi connectivity index (χ4n) is 2.50. The quantitative estimate of drug-likeness (QED) is 0.389. The zero-order valence-corrected chi connectivity index (χ0v) is 13.7. The average molecular weight is 334 g/mol. The van der Waals surface area contributed by atoms with Crippen molar-refractivity contribution in [2.24, 2.45) is 5.10 Å². The van der Waals surface area contributed by atoms with Gasteiger partial charge in [-0.15, -0.1) is 0 Å². The molecule has 0 spiro atoms. The van der Waals surface area contributed by atoms with Gasteiger partial charge in [0.1, 0.15) is 0 Å². The predicted molar refractivity (Wildman–Crippen MR) is 97.0 cm³/mol. The summed E-state index contributed by atoms with van der Waals surface area (Å²) < 4.78 is 0. The summed E-state index contributed by atoms with van der Waals surface area (Å²) in [5.74, 6) is -1.54. The Hall–Kier alpha value is -3.41. The number of aromatic nitrogens is 1. The van der Waals surface area contributed by atoms with Gasteiger partial charge in [-0.1, -0.05) is 48.5 Å². The fraction of sp³-hybridized carbons (Fsp3) is 0.105. The molecular formula is C19H18N4O2. The number of para-hydroxylation sites is 1. The third kappa shape index (κ3) is 3.92. The van der Waals surface area contributed by atoms with Crippen LogP contribution in [0.15, 0.2) is 65.9 Å². The second-order valence-electron chi connectivity index (χ2n) is 5.59. The molecule has 25 heavy (non-hydrogen) atoms. The molecule has 126 valence electrons. The van der Waals surface area contributed by atoms with Crippen LogP contribution in [0.5, 0.6) is 0 Å². The van der Waals surface area contributed by atoms with Gasteiger partial charge >= 0.3 is 11.8 Å². The number of H-pyrrole nitrogens is 1. The van der Waals surface area contributed by atoms with Crippen molar-refractivity contribution in [1.29, 1.82) is 0 Å². The lowest BCUT2D eigenvalue weighted by Gasteiger charge is -2.13. The van der Waals surface area contributed by atoms with Crippen molar-refractivity contribution in [2.45, 2.75) is 13.0 Å². The molecule has 0 saturated carbocycles. The minimum absolute atomic E-state index is 0.267. The first-order chi connectivity index (χ1) is 12.1. The molecule has 0 fully saturated rings. The Balaban J connectivity index is 1.57. The summed E-state index contributed by atoms with van der Waals surface area (Å²) in [6, 6.07) is 16.9. The second-order valence-corrected chi connectivity index (χ2v) is 5.59. The smallest absolute Gasteiger partial charge is 0.329 e. The number of carbonyl (C=O) groups is 2. The Morgan fingerprint density at radius 3 is 2.56 bits per heavy atom. The summed E-state index contributed by atoms with van der Waals surface area (Å²) in [6.07, 6.45) is 3.29. The van der Waals surface area contributed by atoms with Crippen LogP contribution in [-0.2, 0) is 9.59 Å². The van der Waals surface area contributed by atoms with Crippen LogP contribution in [0.1, 0.15) is 24.1 Å². The van der Waals surface area contributed by atoms with Crippen LogP contribution >= 0.6 is 0 Å².